The Morgan fingerprint density at radius 3 is 2.48 bits per heavy atom. The van der Waals surface area contributed by atoms with Crippen molar-refractivity contribution in [2.75, 3.05) is 50.7 Å². The molecule has 1 aliphatic heterocycles. The van der Waals surface area contributed by atoms with Gasteiger partial charge in [-0.05, 0) is 50.6 Å². The minimum Gasteiger partial charge on any atom is -0.467 e. The molecule has 0 atom stereocenters. The quantitative estimate of drug-likeness (QED) is 0.234. The topological polar surface area (TPSA) is 56.0 Å². The molecule has 2 heterocycles. The first-order valence-electron chi connectivity index (χ1n) is 10.4. The Balaban J connectivity index is 0.00000300. The Hall–Kier alpha value is -1.74. The van der Waals surface area contributed by atoms with Crippen LogP contribution in [0.1, 0.15) is 25.5 Å². The van der Waals surface area contributed by atoms with E-state index in [0.717, 1.165) is 57.4 Å². The summed E-state index contributed by atoms with van der Waals surface area (Å²) in [6.07, 6.45) is 4.03. The number of hydrogen-bond donors (Lipinski definition) is 2. The van der Waals surface area contributed by atoms with Crippen molar-refractivity contribution in [3.8, 4) is 0 Å². The molecule has 160 valence electrons. The molecule has 0 unspecified atom stereocenters. The Kier molecular flexibility index (Phi) is 10.9. The average molecular weight is 511 g/mol. The van der Waals surface area contributed by atoms with Crippen LogP contribution in [-0.2, 0) is 6.54 Å². The van der Waals surface area contributed by atoms with Gasteiger partial charge in [0.1, 0.15) is 12.3 Å². The van der Waals surface area contributed by atoms with Crippen molar-refractivity contribution in [1.29, 1.82) is 0 Å². The van der Waals surface area contributed by atoms with Crippen LogP contribution < -0.4 is 15.5 Å². The maximum Gasteiger partial charge on any atom is 0.191 e. The number of rotatable bonds is 9. The highest BCUT2D eigenvalue weighted by atomic mass is 127. The van der Waals surface area contributed by atoms with Crippen LogP contribution >= 0.6 is 24.0 Å². The molecule has 1 aromatic carbocycles. The summed E-state index contributed by atoms with van der Waals surface area (Å²) in [6, 6.07) is 14.6. The highest BCUT2D eigenvalue weighted by Crippen LogP contribution is 2.15. The number of unbranched alkanes of at least 4 members (excludes halogenated alkanes) is 1. The first kappa shape index (κ1) is 23.5. The van der Waals surface area contributed by atoms with E-state index in [4.69, 9.17) is 4.42 Å². The van der Waals surface area contributed by atoms with Gasteiger partial charge >= 0.3 is 0 Å². The van der Waals surface area contributed by atoms with Crippen LogP contribution in [0.5, 0.6) is 0 Å². The number of para-hydroxylation sites is 1. The summed E-state index contributed by atoms with van der Waals surface area (Å²) in [7, 11) is 0. The minimum atomic E-state index is 0. The van der Waals surface area contributed by atoms with E-state index in [-0.39, 0.29) is 24.0 Å². The molecule has 0 spiro atoms. The van der Waals surface area contributed by atoms with Crippen molar-refractivity contribution in [2.24, 2.45) is 4.99 Å². The van der Waals surface area contributed by atoms with Crippen LogP contribution in [-0.4, -0.2) is 56.7 Å². The SMILES string of the molecule is CCNC(=NCc1ccco1)NCCCCN1CCN(c2ccccc2)CC1.I. The molecule has 1 saturated heterocycles. The number of aliphatic imine (C=N–C) groups is 1. The summed E-state index contributed by atoms with van der Waals surface area (Å²) >= 11 is 0. The van der Waals surface area contributed by atoms with E-state index < -0.39 is 0 Å². The minimum absolute atomic E-state index is 0. The molecule has 0 radical (unpaired) electrons. The van der Waals surface area contributed by atoms with E-state index in [0.29, 0.717) is 6.54 Å². The molecule has 1 fully saturated rings. The van der Waals surface area contributed by atoms with Crippen molar-refractivity contribution in [3.63, 3.8) is 0 Å². The molecule has 7 heteroatoms. The highest BCUT2D eigenvalue weighted by molar-refractivity contribution is 14.0. The molecule has 6 nitrogen and oxygen atoms in total. The van der Waals surface area contributed by atoms with Gasteiger partial charge in [0.25, 0.3) is 0 Å². The Morgan fingerprint density at radius 1 is 1.00 bits per heavy atom. The van der Waals surface area contributed by atoms with Crippen LogP contribution in [0.2, 0.25) is 0 Å². The first-order chi connectivity index (χ1) is 13.8. The number of nitrogens with zero attached hydrogens (tertiary/aromatic N) is 3. The summed E-state index contributed by atoms with van der Waals surface area (Å²) < 4.78 is 5.34. The molecule has 0 amide bonds. The third kappa shape index (κ3) is 8.26. The fraction of sp³-hybridized carbons (Fsp3) is 0.500. The summed E-state index contributed by atoms with van der Waals surface area (Å²) in [5, 5.41) is 6.71. The lowest BCUT2D eigenvalue weighted by molar-refractivity contribution is 0.253. The zero-order valence-corrected chi connectivity index (χ0v) is 19.7. The summed E-state index contributed by atoms with van der Waals surface area (Å²) in [4.78, 5) is 9.63. The van der Waals surface area contributed by atoms with Crippen LogP contribution in [0.3, 0.4) is 0 Å². The van der Waals surface area contributed by atoms with Gasteiger partial charge in [0.15, 0.2) is 5.96 Å². The predicted molar refractivity (Wildman–Crippen MR) is 131 cm³/mol. The second kappa shape index (κ2) is 13.5. The van der Waals surface area contributed by atoms with Crippen molar-refractivity contribution in [3.05, 3.63) is 54.5 Å². The van der Waals surface area contributed by atoms with Gasteiger partial charge in [0, 0.05) is 45.0 Å². The summed E-state index contributed by atoms with van der Waals surface area (Å²) in [5.41, 5.74) is 1.34. The van der Waals surface area contributed by atoms with E-state index in [9.17, 15) is 0 Å². The number of hydrogen-bond acceptors (Lipinski definition) is 4. The standard InChI is InChI=1S/C22H33N5O.HI/c1-2-23-22(25-19-21-11-8-18-28-21)24-12-6-7-13-26-14-16-27(17-15-26)20-9-4-3-5-10-20;/h3-5,8-11,18H,2,6-7,12-17,19H2,1H3,(H2,23,24,25);1H. The third-order valence-corrected chi connectivity index (χ3v) is 5.00. The Bertz CT molecular complexity index is 684. The molecule has 0 saturated carbocycles. The maximum atomic E-state index is 5.34. The summed E-state index contributed by atoms with van der Waals surface area (Å²) in [6.45, 7) is 10.1. The number of furan rings is 1. The molecule has 1 aromatic heterocycles. The van der Waals surface area contributed by atoms with Crippen LogP contribution in [0.4, 0.5) is 5.69 Å². The second-order valence-electron chi connectivity index (χ2n) is 7.07. The first-order valence-corrected chi connectivity index (χ1v) is 10.4. The van der Waals surface area contributed by atoms with Crippen LogP contribution in [0.15, 0.2) is 58.1 Å². The lowest BCUT2D eigenvalue weighted by Crippen LogP contribution is -2.46. The molecular weight excluding hydrogens is 477 g/mol. The number of piperazine rings is 1. The van der Waals surface area contributed by atoms with Crippen molar-refractivity contribution in [1.82, 2.24) is 15.5 Å². The van der Waals surface area contributed by atoms with Gasteiger partial charge in [-0.1, -0.05) is 18.2 Å². The molecule has 3 rings (SSSR count). The molecule has 0 aliphatic carbocycles. The van der Waals surface area contributed by atoms with Gasteiger partial charge in [-0.2, -0.15) is 0 Å². The molecule has 2 aromatic rings. The van der Waals surface area contributed by atoms with Gasteiger partial charge in [-0.15, -0.1) is 24.0 Å². The molecule has 1 aliphatic rings. The van der Waals surface area contributed by atoms with Crippen LogP contribution in [0.25, 0.3) is 0 Å². The zero-order chi connectivity index (χ0) is 19.4. The van der Waals surface area contributed by atoms with E-state index in [2.05, 4.69) is 62.7 Å². The van der Waals surface area contributed by atoms with Gasteiger partial charge in [0.2, 0.25) is 0 Å². The van der Waals surface area contributed by atoms with Crippen molar-refractivity contribution >= 4 is 35.6 Å². The molecule has 2 N–H and O–H groups in total. The molecular formula is C22H34IN5O. The van der Waals surface area contributed by atoms with E-state index in [1.54, 1.807) is 6.26 Å². The lowest BCUT2D eigenvalue weighted by atomic mass is 10.2. The van der Waals surface area contributed by atoms with E-state index >= 15 is 0 Å². The van der Waals surface area contributed by atoms with Gasteiger partial charge in [0.05, 0.1) is 6.26 Å². The van der Waals surface area contributed by atoms with E-state index in [1.807, 2.05) is 12.1 Å². The van der Waals surface area contributed by atoms with Gasteiger partial charge in [-0.25, -0.2) is 4.99 Å². The fourth-order valence-corrected chi connectivity index (χ4v) is 3.44. The predicted octanol–water partition coefficient (Wildman–Crippen LogP) is 3.56. The Morgan fingerprint density at radius 2 is 1.79 bits per heavy atom. The number of guanidine groups is 1. The van der Waals surface area contributed by atoms with Gasteiger partial charge in [-0.3, -0.25) is 4.90 Å². The van der Waals surface area contributed by atoms with Crippen molar-refractivity contribution < 1.29 is 4.42 Å². The maximum absolute atomic E-state index is 5.34. The molecule has 0 bridgehead atoms. The van der Waals surface area contributed by atoms with Crippen molar-refractivity contribution in [2.45, 2.75) is 26.3 Å². The lowest BCUT2D eigenvalue weighted by Gasteiger charge is -2.36. The second-order valence-corrected chi connectivity index (χ2v) is 7.07. The number of anilines is 1. The number of halogens is 1. The van der Waals surface area contributed by atoms with Gasteiger partial charge < -0.3 is 20.0 Å². The highest BCUT2D eigenvalue weighted by Gasteiger charge is 2.16. The average Bonchev–Trinajstić information content (AvgIpc) is 3.26. The molecule has 29 heavy (non-hydrogen) atoms. The smallest absolute Gasteiger partial charge is 0.191 e. The third-order valence-electron chi connectivity index (χ3n) is 5.00. The monoisotopic (exact) mass is 511 g/mol. The summed E-state index contributed by atoms with van der Waals surface area (Å²) in [5.74, 6) is 1.74. The fourth-order valence-electron chi connectivity index (χ4n) is 3.44. The normalized spacial score (nSPS) is 15.1. The Labute approximate surface area is 191 Å². The number of benzene rings is 1. The zero-order valence-electron chi connectivity index (χ0n) is 17.3. The van der Waals surface area contributed by atoms with E-state index in [1.165, 1.54) is 18.7 Å². The largest absolute Gasteiger partial charge is 0.467 e. The number of nitrogens with one attached hydrogen (secondary N) is 2. The van der Waals surface area contributed by atoms with Crippen LogP contribution in [0, 0.1) is 0 Å².